The average Bonchev–Trinajstić information content (AvgIpc) is 3.35. The number of carbonyl (C=O) groups excluding carboxylic acids is 7. The van der Waals surface area contributed by atoms with E-state index in [0.29, 0.717) is 10.6 Å². The van der Waals surface area contributed by atoms with Gasteiger partial charge in [0.15, 0.2) is 5.78 Å². The number of carbonyl (C=O) groups is 7. The second kappa shape index (κ2) is 32.0. The summed E-state index contributed by atoms with van der Waals surface area (Å²) in [4.78, 5) is 91.1. The SMILES string of the molecule is CC.CC.CC.CCCCN.CN(C(=O)CNC(=O)c1ccc(-c2ccc(Cl)cc2)cc1)C1C(=O)NCC(=O)NC(C(=O)NCC(=O)CNCC(N)=O)Cc2ccc(O)c(c2)-c2cc1ccc2O. The van der Waals surface area contributed by atoms with Crippen molar-refractivity contribution in [2.45, 2.75) is 79.8 Å². The summed E-state index contributed by atoms with van der Waals surface area (Å²) < 4.78 is 0. The van der Waals surface area contributed by atoms with Crippen molar-refractivity contribution in [3.8, 4) is 33.8 Å². The van der Waals surface area contributed by atoms with Crippen LogP contribution in [-0.4, -0.2) is 109 Å². The van der Waals surface area contributed by atoms with Crippen LogP contribution in [0.4, 0.5) is 0 Å². The highest BCUT2D eigenvalue weighted by atomic mass is 35.5. The van der Waals surface area contributed by atoms with Crippen LogP contribution in [0.3, 0.4) is 0 Å². The van der Waals surface area contributed by atoms with E-state index in [4.69, 9.17) is 23.1 Å². The van der Waals surface area contributed by atoms with Crippen molar-refractivity contribution < 1.29 is 43.8 Å². The Bertz CT molecular complexity index is 2250. The molecule has 0 spiro atoms. The molecule has 1 heterocycles. The van der Waals surface area contributed by atoms with Crippen LogP contribution >= 0.6 is 11.6 Å². The fourth-order valence-electron chi connectivity index (χ4n) is 6.25. The van der Waals surface area contributed by atoms with Crippen LogP contribution in [-0.2, 0) is 35.2 Å². The summed E-state index contributed by atoms with van der Waals surface area (Å²) in [5.41, 5.74) is 13.1. The smallest absolute Gasteiger partial charge is 0.251 e. The molecule has 4 aromatic carbocycles. The van der Waals surface area contributed by atoms with Gasteiger partial charge in [0, 0.05) is 35.2 Å². The number of likely N-dealkylation sites (N-methyl/N-ethyl adjacent to an activating group) is 1. The summed E-state index contributed by atoms with van der Waals surface area (Å²) in [6.07, 6.45) is 2.27. The highest BCUT2D eigenvalue weighted by molar-refractivity contribution is 6.30. The second-order valence-electron chi connectivity index (χ2n) is 14.3. The Hall–Kier alpha value is -6.82. The lowest BCUT2D eigenvalue weighted by Gasteiger charge is -2.29. The summed E-state index contributed by atoms with van der Waals surface area (Å²) >= 11 is 5.98. The summed E-state index contributed by atoms with van der Waals surface area (Å²) in [6.45, 7) is 12.9. The number of benzene rings is 4. The number of aromatic hydroxyl groups is 2. The fourth-order valence-corrected chi connectivity index (χ4v) is 6.38. The van der Waals surface area contributed by atoms with E-state index in [1.165, 1.54) is 56.3 Å². The van der Waals surface area contributed by atoms with Crippen molar-refractivity contribution in [1.29, 1.82) is 0 Å². The predicted molar refractivity (Wildman–Crippen MR) is 267 cm³/mol. The highest BCUT2D eigenvalue weighted by Gasteiger charge is 2.31. The molecule has 2 unspecified atom stereocenters. The Balaban J connectivity index is 0.00000192. The lowest BCUT2D eigenvalue weighted by molar-refractivity contribution is -0.139. The zero-order valence-electron chi connectivity index (χ0n) is 40.3. The monoisotopic (exact) mass is 960 g/mol. The first-order chi connectivity index (χ1) is 32.6. The van der Waals surface area contributed by atoms with E-state index in [1.54, 1.807) is 36.4 Å². The Labute approximate surface area is 404 Å². The third kappa shape index (κ3) is 19.2. The number of hydrogen-bond acceptors (Lipinski definition) is 11. The summed E-state index contributed by atoms with van der Waals surface area (Å²) in [5, 5.41) is 35.0. The van der Waals surface area contributed by atoms with Gasteiger partial charge in [-0.1, -0.05) is 103 Å². The molecule has 0 fully saturated rings. The van der Waals surface area contributed by atoms with Gasteiger partial charge in [-0.3, -0.25) is 33.6 Å². The molecule has 0 saturated carbocycles. The number of primary amides is 1. The number of ketones is 1. The molecule has 6 amide bonds. The van der Waals surface area contributed by atoms with Crippen molar-refractivity contribution in [2.24, 2.45) is 11.5 Å². The molecule has 4 bridgehead atoms. The molecule has 1 aliphatic rings. The molecule has 1 aliphatic heterocycles. The highest BCUT2D eigenvalue weighted by Crippen LogP contribution is 2.38. The van der Waals surface area contributed by atoms with Crippen LogP contribution in [0.1, 0.15) is 88.8 Å². The summed E-state index contributed by atoms with van der Waals surface area (Å²) in [7, 11) is 1.33. The van der Waals surface area contributed by atoms with Gasteiger partial charge >= 0.3 is 0 Å². The van der Waals surface area contributed by atoms with Crippen LogP contribution < -0.4 is 38.1 Å². The molecule has 5 rings (SSSR count). The Morgan fingerprint density at radius 3 is 1.90 bits per heavy atom. The van der Waals surface area contributed by atoms with Crippen LogP contribution in [0.2, 0.25) is 5.02 Å². The number of phenolic OH excluding ortho intramolecular Hbond substituents is 2. The molecule has 18 heteroatoms. The zero-order valence-corrected chi connectivity index (χ0v) is 41.1. The number of rotatable bonds is 14. The van der Waals surface area contributed by atoms with Crippen LogP contribution in [0.5, 0.6) is 11.5 Å². The number of nitrogens with two attached hydrogens (primary N) is 2. The number of nitrogens with zero attached hydrogens (tertiary/aromatic N) is 1. The Morgan fingerprint density at radius 2 is 1.34 bits per heavy atom. The first-order valence-electron chi connectivity index (χ1n) is 22.7. The van der Waals surface area contributed by atoms with Gasteiger partial charge < -0.3 is 53.2 Å². The third-order valence-electron chi connectivity index (χ3n) is 9.59. The first kappa shape index (κ1) is 59.2. The van der Waals surface area contributed by atoms with Crippen molar-refractivity contribution in [3.63, 3.8) is 0 Å². The maximum Gasteiger partial charge on any atom is 0.251 e. The van der Waals surface area contributed by atoms with Gasteiger partial charge in [-0.15, -0.1) is 0 Å². The van der Waals surface area contributed by atoms with Crippen LogP contribution in [0.15, 0.2) is 84.9 Å². The van der Waals surface area contributed by atoms with Gasteiger partial charge in [0.05, 0.1) is 32.7 Å². The van der Waals surface area contributed by atoms with Gasteiger partial charge in [-0.25, -0.2) is 0 Å². The van der Waals surface area contributed by atoms with E-state index in [2.05, 4.69) is 33.5 Å². The molecule has 2 atom stereocenters. The van der Waals surface area contributed by atoms with E-state index in [9.17, 15) is 43.8 Å². The second-order valence-corrected chi connectivity index (χ2v) is 14.7. The van der Waals surface area contributed by atoms with Gasteiger partial charge in [0.1, 0.15) is 23.6 Å². The number of nitrogens with one attached hydrogen (secondary N) is 5. The molecule has 0 radical (unpaired) electrons. The molecule has 0 saturated heterocycles. The molecule has 11 N–H and O–H groups in total. The molecular weight excluding hydrogens is 892 g/mol. The van der Waals surface area contributed by atoms with E-state index >= 15 is 0 Å². The largest absolute Gasteiger partial charge is 0.507 e. The minimum atomic E-state index is -1.40. The van der Waals surface area contributed by atoms with Gasteiger partial charge in [0.25, 0.3) is 5.91 Å². The maximum absolute atomic E-state index is 13.8. The topological polar surface area (TPSA) is 275 Å². The number of hydrogen-bond donors (Lipinski definition) is 9. The van der Waals surface area contributed by atoms with Crippen LogP contribution in [0.25, 0.3) is 22.3 Å². The molecular formula is C50H69ClN8O9. The first-order valence-corrected chi connectivity index (χ1v) is 23.1. The quantitative estimate of drug-likeness (QED) is 0.0832. The number of unbranched alkanes of at least 4 members (excludes halogenated alkanes) is 1. The standard InChI is InChI=1S/C40H40ClN7O9.C4H11N.3C2H6/c1-48(36(54)21-46-38(55)25-5-3-23(4-6-25)24-7-10-27(41)11-8-24)37-26-9-13-33(51)30(16-26)29-14-22(2-12-32(29)50)15-31(47-35(53)20-45-40(37)57)39(56)44-18-28(49)17-43-19-34(42)52;1-2-3-4-5;3*1-2/h2-14,16,31,37,43,50-51H,15,17-21H2,1H3,(H2,42,52)(H,44,56)(H,45,57)(H,46,55)(H,47,53);2-5H2,1H3;3*1-2H3. The number of halogens is 1. The molecule has 4 aromatic rings. The summed E-state index contributed by atoms with van der Waals surface area (Å²) in [5.74, 6) is -5.23. The fraction of sp³-hybridized carbons (Fsp3) is 0.380. The summed E-state index contributed by atoms with van der Waals surface area (Å²) in [6, 6.07) is 19.7. The molecule has 370 valence electrons. The maximum atomic E-state index is 13.8. The lowest BCUT2D eigenvalue weighted by atomic mass is 9.94. The minimum Gasteiger partial charge on any atom is -0.507 e. The number of phenols is 2. The minimum absolute atomic E-state index is 0.0944. The predicted octanol–water partition coefficient (Wildman–Crippen LogP) is 4.76. The number of fused-ring (bicyclic) bond motifs is 5. The Morgan fingerprint density at radius 1 is 0.765 bits per heavy atom. The van der Waals surface area contributed by atoms with E-state index in [0.717, 1.165) is 22.6 Å². The molecule has 68 heavy (non-hydrogen) atoms. The Kier molecular flexibility index (Phi) is 27.8. The van der Waals surface area contributed by atoms with Gasteiger partial charge in [0.2, 0.25) is 29.5 Å². The zero-order chi connectivity index (χ0) is 51.3. The van der Waals surface area contributed by atoms with E-state index in [-0.39, 0.29) is 53.3 Å². The molecule has 0 aromatic heterocycles. The average molecular weight is 962 g/mol. The van der Waals surface area contributed by atoms with Crippen molar-refractivity contribution >= 4 is 52.8 Å². The normalized spacial score (nSPS) is 13.7. The van der Waals surface area contributed by atoms with E-state index < -0.39 is 72.9 Å². The van der Waals surface area contributed by atoms with Crippen LogP contribution in [0, 0.1) is 0 Å². The van der Waals surface area contributed by atoms with Gasteiger partial charge in [-0.2, -0.15) is 0 Å². The van der Waals surface area contributed by atoms with Crippen molar-refractivity contribution in [2.75, 3.05) is 46.3 Å². The lowest BCUT2D eigenvalue weighted by Crippen LogP contribution is -2.52. The number of amides is 6. The van der Waals surface area contributed by atoms with Gasteiger partial charge in [-0.05, 0) is 83.8 Å². The molecule has 0 aliphatic carbocycles. The van der Waals surface area contributed by atoms with Crippen molar-refractivity contribution in [3.05, 3.63) is 107 Å². The molecule has 17 nitrogen and oxygen atoms in total. The van der Waals surface area contributed by atoms with Crippen molar-refractivity contribution in [1.82, 2.24) is 31.5 Å². The van der Waals surface area contributed by atoms with E-state index in [1.807, 2.05) is 53.7 Å². The third-order valence-corrected chi connectivity index (χ3v) is 9.85. The number of Topliss-reactive ketones (excluding diaryl/α,β-unsaturated/α-hetero) is 1.